The van der Waals surface area contributed by atoms with Crippen LogP contribution in [0.1, 0.15) is 45.1 Å². The number of piperidine rings is 1. The van der Waals surface area contributed by atoms with Crippen molar-refractivity contribution in [2.24, 2.45) is 5.92 Å². The Labute approximate surface area is 117 Å². The topological polar surface area (TPSA) is 21.3 Å². The highest BCUT2D eigenvalue weighted by Crippen LogP contribution is 2.22. The molecular weight excluding hydrogens is 234 g/mol. The zero-order valence-corrected chi connectivity index (χ0v) is 12.3. The molecule has 1 aromatic rings. The second-order valence-electron chi connectivity index (χ2n) is 5.57. The zero-order chi connectivity index (χ0) is 13.5. The van der Waals surface area contributed by atoms with E-state index in [1.165, 1.54) is 44.2 Å². The van der Waals surface area contributed by atoms with Gasteiger partial charge in [-0.1, -0.05) is 25.5 Å². The molecule has 2 unspecified atom stereocenters. The molecule has 2 nitrogen and oxygen atoms in total. The van der Waals surface area contributed by atoms with E-state index in [9.17, 15) is 0 Å². The van der Waals surface area contributed by atoms with Crippen LogP contribution in [-0.4, -0.2) is 19.2 Å². The zero-order valence-electron chi connectivity index (χ0n) is 12.3. The summed E-state index contributed by atoms with van der Waals surface area (Å²) in [5.74, 6) is 1.92. The SMILES string of the molecule is CCOc1ccc(CCC2CC(CC)CCN2)cc1. The maximum atomic E-state index is 5.47. The fraction of sp³-hybridized carbons (Fsp3) is 0.647. The van der Waals surface area contributed by atoms with Crippen LogP contribution in [0.25, 0.3) is 0 Å². The van der Waals surface area contributed by atoms with Crippen LogP contribution in [0.15, 0.2) is 24.3 Å². The third-order valence-electron chi connectivity index (χ3n) is 4.20. The highest BCUT2D eigenvalue weighted by atomic mass is 16.5. The van der Waals surface area contributed by atoms with Gasteiger partial charge in [-0.15, -0.1) is 0 Å². The van der Waals surface area contributed by atoms with Crippen molar-refractivity contribution in [2.75, 3.05) is 13.2 Å². The molecule has 0 spiro atoms. The van der Waals surface area contributed by atoms with Gasteiger partial charge in [-0.25, -0.2) is 0 Å². The van der Waals surface area contributed by atoms with Crippen molar-refractivity contribution < 1.29 is 4.74 Å². The van der Waals surface area contributed by atoms with Gasteiger partial charge < -0.3 is 10.1 Å². The summed E-state index contributed by atoms with van der Waals surface area (Å²) in [5, 5.41) is 3.66. The Morgan fingerprint density at radius 2 is 2.00 bits per heavy atom. The molecule has 1 aliphatic rings. The number of hydrogen-bond acceptors (Lipinski definition) is 2. The van der Waals surface area contributed by atoms with Crippen LogP contribution in [0.2, 0.25) is 0 Å². The lowest BCUT2D eigenvalue weighted by molar-refractivity contribution is 0.285. The Hall–Kier alpha value is -1.02. The Balaban J connectivity index is 1.78. The fourth-order valence-electron chi connectivity index (χ4n) is 2.95. The third kappa shape index (κ3) is 4.54. The highest BCUT2D eigenvalue weighted by molar-refractivity contribution is 5.27. The summed E-state index contributed by atoms with van der Waals surface area (Å²) >= 11 is 0. The summed E-state index contributed by atoms with van der Waals surface area (Å²) in [6.07, 6.45) is 6.47. The van der Waals surface area contributed by atoms with E-state index in [2.05, 4.69) is 36.5 Å². The first-order valence-corrected chi connectivity index (χ1v) is 7.77. The number of rotatable bonds is 6. The number of hydrogen-bond donors (Lipinski definition) is 1. The van der Waals surface area contributed by atoms with E-state index in [4.69, 9.17) is 4.74 Å². The average Bonchev–Trinajstić information content (AvgIpc) is 2.47. The Morgan fingerprint density at radius 1 is 1.21 bits per heavy atom. The Morgan fingerprint density at radius 3 is 2.68 bits per heavy atom. The van der Waals surface area contributed by atoms with Gasteiger partial charge in [-0.05, 0) is 62.8 Å². The van der Waals surface area contributed by atoms with Gasteiger partial charge in [0.15, 0.2) is 0 Å². The molecule has 1 aliphatic heterocycles. The van der Waals surface area contributed by atoms with Gasteiger partial charge in [-0.2, -0.15) is 0 Å². The second kappa shape index (κ2) is 7.54. The molecule has 0 saturated carbocycles. The van der Waals surface area contributed by atoms with Crippen LogP contribution < -0.4 is 10.1 Å². The van der Waals surface area contributed by atoms with Gasteiger partial charge in [0, 0.05) is 6.04 Å². The lowest BCUT2D eigenvalue weighted by Gasteiger charge is -2.29. The summed E-state index contributed by atoms with van der Waals surface area (Å²) in [5.41, 5.74) is 1.42. The maximum absolute atomic E-state index is 5.47. The first kappa shape index (κ1) is 14.4. The maximum Gasteiger partial charge on any atom is 0.119 e. The van der Waals surface area contributed by atoms with Crippen LogP contribution >= 0.6 is 0 Å². The summed E-state index contributed by atoms with van der Waals surface area (Å²) in [6, 6.07) is 9.28. The first-order chi connectivity index (χ1) is 9.31. The predicted molar refractivity (Wildman–Crippen MR) is 80.7 cm³/mol. The van der Waals surface area contributed by atoms with Crippen LogP contribution in [0.5, 0.6) is 5.75 Å². The van der Waals surface area contributed by atoms with Gasteiger partial charge >= 0.3 is 0 Å². The largest absolute Gasteiger partial charge is 0.494 e. The number of nitrogens with one attached hydrogen (secondary N) is 1. The molecule has 0 amide bonds. The van der Waals surface area contributed by atoms with E-state index in [-0.39, 0.29) is 0 Å². The minimum atomic E-state index is 0.713. The molecule has 1 saturated heterocycles. The summed E-state index contributed by atoms with van der Waals surface area (Å²) in [6.45, 7) is 6.28. The molecule has 1 N–H and O–H groups in total. The third-order valence-corrected chi connectivity index (χ3v) is 4.20. The molecule has 106 valence electrons. The minimum absolute atomic E-state index is 0.713. The standard InChI is InChI=1S/C17H27NO/c1-3-14-11-12-18-16(13-14)8-5-15-6-9-17(10-7-15)19-4-2/h6-7,9-10,14,16,18H,3-5,8,11-13H2,1-2H3. The molecule has 1 heterocycles. The number of aryl methyl sites for hydroxylation is 1. The molecular formula is C17H27NO. The number of ether oxygens (including phenoxy) is 1. The van der Waals surface area contributed by atoms with Crippen molar-refractivity contribution >= 4 is 0 Å². The predicted octanol–water partition coefficient (Wildman–Crippen LogP) is 3.80. The van der Waals surface area contributed by atoms with Crippen molar-refractivity contribution in [3.05, 3.63) is 29.8 Å². The fourth-order valence-corrected chi connectivity index (χ4v) is 2.95. The van der Waals surface area contributed by atoms with Gasteiger partial charge in [0.05, 0.1) is 6.61 Å². The molecule has 1 aromatic carbocycles. The average molecular weight is 261 g/mol. The van der Waals surface area contributed by atoms with E-state index in [0.29, 0.717) is 6.04 Å². The van der Waals surface area contributed by atoms with Gasteiger partial charge in [0.25, 0.3) is 0 Å². The van der Waals surface area contributed by atoms with Crippen molar-refractivity contribution in [1.82, 2.24) is 5.32 Å². The molecule has 0 aromatic heterocycles. The molecule has 19 heavy (non-hydrogen) atoms. The summed E-state index contributed by atoms with van der Waals surface area (Å²) in [4.78, 5) is 0. The van der Waals surface area contributed by atoms with Crippen molar-refractivity contribution in [3.63, 3.8) is 0 Å². The van der Waals surface area contributed by atoms with E-state index in [1.807, 2.05) is 6.92 Å². The lowest BCUT2D eigenvalue weighted by Crippen LogP contribution is -2.38. The van der Waals surface area contributed by atoms with Crippen molar-refractivity contribution in [2.45, 2.75) is 52.0 Å². The molecule has 0 radical (unpaired) electrons. The van der Waals surface area contributed by atoms with Crippen molar-refractivity contribution in [1.29, 1.82) is 0 Å². The quantitative estimate of drug-likeness (QED) is 0.841. The molecule has 2 heteroatoms. The van der Waals surface area contributed by atoms with E-state index >= 15 is 0 Å². The first-order valence-electron chi connectivity index (χ1n) is 7.77. The number of benzene rings is 1. The summed E-state index contributed by atoms with van der Waals surface area (Å²) < 4.78 is 5.47. The molecule has 0 bridgehead atoms. The molecule has 2 rings (SSSR count). The molecule has 1 fully saturated rings. The van der Waals surface area contributed by atoms with Crippen LogP contribution in [-0.2, 0) is 6.42 Å². The Kier molecular flexibility index (Phi) is 5.71. The van der Waals surface area contributed by atoms with Gasteiger partial charge in [0.2, 0.25) is 0 Å². The normalized spacial score (nSPS) is 23.3. The van der Waals surface area contributed by atoms with Crippen LogP contribution in [0.4, 0.5) is 0 Å². The smallest absolute Gasteiger partial charge is 0.119 e. The molecule has 0 aliphatic carbocycles. The van der Waals surface area contributed by atoms with E-state index in [0.717, 1.165) is 18.3 Å². The monoisotopic (exact) mass is 261 g/mol. The second-order valence-corrected chi connectivity index (χ2v) is 5.57. The van der Waals surface area contributed by atoms with Gasteiger partial charge in [-0.3, -0.25) is 0 Å². The lowest BCUT2D eigenvalue weighted by atomic mass is 9.88. The molecule has 2 atom stereocenters. The van der Waals surface area contributed by atoms with Gasteiger partial charge in [0.1, 0.15) is 5.75 Å². The van der Waals surface area contributed by atoms with Crippen LogP contribution in [0, 0.1) is 5.92 Å². The summed E-state index contributed by atoms with van der Waals surface area (Å²) in [7, 11) is 0. The Bertz CT molecular complexity index is 360. The van der Waals surface area contributed by atoms with Crippen molar-refractivity contribution in [3.8, 4) is 5.75 Å². The van der Waals surface area contributed by atoms with E-state index in [1.54, 1.807) is 0 Å². The minimum Gasteiger partial charge on any atom is -0.494 e. The van der Waals surface area contributed by atoms with E-state index < -0.39 is 0 Å². The highest BCUT2D eigenvalue weighted by Gasteiger charge is 2.19. The van der Waals surface area contributed by atoms with Crippen LogP contribution in [0.3, 0.4) is 0 Å².